The summed E-state index contributed by atoms with van der Waals surface area (Å²) in [7, 11) is 0. The Labute approximate surface area is 121 Å². The average Bonchev–Trinajstić information content (AvgIpc) is 2.48. The zero-order valence-electron chi connectivity index (χ0n) is 10.3. The molecule has 94 valence electrons. The Balaban J connectivity index is 1.97. The summed E-state index contributed by atoms with van der Waals surface area (Å²) < 4.78 is 0.766. The van der Waals surface area contributed by atoms with Gasteiger partial charge >= 0.3 is 0 Å². The van der Waals surface area contributed by atoms with Crippen molar-refractivity contribution in [2.45, 2.75) is 6.04 Å². The Morgan fingerprint density at radius 2 is 1.53 bits per heavy atom. The highest BCUT2D eigenvalue weighted by molar-refractivity contribution is 9.18. The van der Waals surface area contributed by atoms with E-state index in [1.807, 2.05) is 36.4 Å². The van der Waals surface area contributed by atoms with Crippen LogP contribution >= 0.6 is 15.9 Å². The van der Waals surface area contributed by atoms with E-state index in [-0.39, 0.29) is 6.04 Å². The molecule has 3 heteroatoms. The molecule has 1 N–H and O–H groups in total. The predicted molar refractivity (Wildman–Crippen MR) is 83.1 cm³/mol. The van der Waals surface area contributed by atoms with E-state index in [9.17, 15) is 0 Å². The number of amidine groups is 1. The predicted octanol–water partition coefficient (Wildman–Crippen LogP) is 4.12. The molecule has 1 heterocycles. The Bertz CT molecular complexity index is 618. The van der Waals surface area contributed by atoms with Gasteiger partial charge in [-0.3, -0.25) is 0 Å². The lowest BCUT2D eigenvalue weighted by molar-refractivity contribution is 0.889. The number of halogens is 1. The van der Waals surface area contributed by atoms with Gasteiger partial charge in [-0.25, -0.2) is 4.99 Å². The number of hydrogen-bond donors (Lipinski definition) is 1. The molecule has 0 saturated carbocycles. The van der Waals surface area contributed by atoms with Crippen molar-refractivity contribution in [2.75, 3.05) is 0 Å². The second-order valence-electron chi connectivity index (χ2n) is 4.35. The van der Waals surface area contributed by atoms with Crippen LogP contribution in [0.25, 0.3) is 5.70 Å². The maximum atomic E-state index is 4.57. The zero-order chi connectivity index (χ0) is 13.1. The van der Waals surface area contributed by atoms with Crippen LogP contribution < -0.4 is 5.32 Å². The van der Waals surface area contributed by atoms with Crippen molar-refractivity contribution in [3.05, 3.63) is 77.9 Å². The maximum absolute atomic E-state index is 4.57. The Morgan fingerprint density at radius 1 is 0.895 bits per heavy atom. The molecule has 1 unspecified atom stereocenters. The summed E-state index contributed by atoms with van der Waals surface area (Å²) in [5.74, 6) is 0. The van der Waals surface area contributed by atoms with Crippen molar-refractivity contribution in [3.63, 3.8) is 0 Å². The number of benzene rings is 2. The van der Waals surface area contributed by atoms with Crippen LogP contribution in [0.5, 0.6) is 0 Å². The quantitative estimate of drug-likeness (QED) is 0.829. The summed E-state index contributed by atoms with van der Waals surface area (Å²) in [5, 5.41) is 3.26. The first-order valence-corrected chi connectivity index (χ1v) is 6.95. The van der Waals surface area contributed by atoms with Crippen LogP contribution in [-0.4, -0.2) is 4.74 Å². The molecular weight excluding hydrogens is 300 g/mol. The van der Waals surface area contributed by atoms with Crippen LogP contribution in [0.2, 0.25) is 0 Å². The third kappa shape index (κ3) is 2.76. The van der Waals surface area contributed by atoms with Gasteiger partial charge in [0.05, 0.1) is 6.04 Å². The first-order chi connectivity index (χ1) is 9.33. The molecule has 19 heavy (non-hydrogen) atoms. The van der Waals surface area contributed by atoms with Crippen LogP contribution in [0, 0.1) is 0 Å². The molecule has 1 aliphatic heterocycles. The van der Waals surface area contributed by atoms with E-state index in [1.165, 1.54) is 5.56 Å². The maximum Gasteiger partial charge on any atom is 0.171 e. The highest BCUT2D eigenvalue weighted by Crippen LogP contribution is 2.27. The van der Waals surface area contributed by atoms with E-state index in [0.717, 1.165) is 16.0 Å². The molecule has 0 fully saturated rings. The summed E-state index contributed by atoms with van der Waals surface area (Å²) >= 11 is 3.46. The molecule has 0 bridgehead atoms. The molecule has 3 rings (SSSR count). The van der Waals surface area contributed by atoms with Gasteiger partial charge in [-0.2, -0.15) is 0 Å². The Kier molecular flexibility index (Phi) is 3.47. The van der Waals surface area contributed by atoms with Crippen LogP contribution in [0.4, 0.5) is 0 Å². The summed E-state index contributed by atoms with van der Waals surface area (Å²) in [6.45, 7) is 0. The molecule has 1 atom stereocenters. The van der Waals surface area contributed by atoms with E-state index >= 15 is 0 Å². The van der Waals surface area contributed by atoms with Gasteiger partial charge in [0.2, 0.25) is 0 Å². The van der Waals surface area contributed by atoms with Crippen molar-refractivity contribution in [1.82, 2.24) is 5.32 Å². The van der Waals surface area contributed by atoms with Crippen molar-refractivity contribution >= 4 is 26.4 Å². The van der Waals surface area contributed by atoms with Gasteiger partial charge in [0, 0.05) is 5.70 Å². The van der Waals surface area contributed by atoms with Crippen LogP contribution in [-0.2, 0) is 0 Å². The third-order valence-corrected chi connectivity index (χ3v) is 3.44. The monoisotopic (exact) mass is 312 g/mol. The SMILES string of the molecule is BrC1=NC(c2ccccc2)C=C(c2ccccc2)N1. The minimum Gasteiger partial charge on any atom is -0.334 e. The molecule has 0 aliphatic carbocycles. The summed E-state index contributed by atoms with van der Waals surface area (Å²) in [4.78, 5) is 4.57. The van der Waals surface area contributed by atoms with Crippen molar-refractivity contribution < 1.29 is 0 Å². The minimum atomic E-state index is 0.0482. The second kappa shape index (κ2) is 5.41. The molecule has 0 amide bonds. The lowest BCUT2D eigenvalue weighted by atomic mass is 10.0. The van der Waals surface area contributed by atoms with E-state index in [0.29, 0.717) is 0 Å². The minimum absolute atomic E-state index is 0.0482. The summed E-state index contributed by atoms with van der Waals surface area (Å²) in [5.41, 5.74) is 3.43. The topological polar surface area (TPSA) is 24.4 Å². The summed E-state index contributed by atoms with van der Waals surface area (Å²) in [6.07, 6.45) is 2.15. The first-order valence-electron chi connectivity index (χ1n) is 6.15. The fourth-order valence-corrected chi connectivity index (χ4v) is 2.54. The van der Waals surface area contributed by atoms with Gasteiger partial charge in [0.1, 0.15) is 0 Å². The van der Waals surface area contributed by atoms with Gasteiger partial charge in [-0.05, 0) is 33.1 Å². The second-order valence-corrected chi connectivity index (χ2v) is 5.10. The van der Waals surface area contributed by atoms with Gasteiger partial charge in [-0.15, -0.1) is 0 Å². The normalized spacial score (nSPS) is 18.3. The number of nitrogens with zero attached hydrogens (tertiary/aromatic N) is 1. The van der Waals surface area contributed by atoms with Gasteiger partial charge in [0.15, 0.2) is 4.74 Å². The number of nitrogens with one attached hydrogen (secondary N) is 1. The smallest absolute Gasteiger partial charge is 0.171 e. The van der Waals surface area contributed by atoms with Gasteiger partial charge in [0.25, 0.3) is 0 Å². The summed E-state index contributed by atoms with van der Waals surface area (Å²) in [6, 6.07) is 20.6. The molecule has 0 spiro atoms. The van der Waals surface area contributed by atoms with Crippen molar-refractivity contribution in [2.24, 2.45) is 4.99 Å². The fraction of sp³-hybridized carbons (Fsp3) is 0.0625. The third-order valence-electron chi connectivity index (χ3n) is 3.04. The van der Waals surface area contributed by atoms with Gasteiger partial charge < -0.3 is 5.32 Å². The highest BCUT2D eigenvalue weighted by atomic mass is 79.9. The Hall–Kier alpha value is -1.87. The van der Waals surface area contributed by atoms with Crippen molar-refractivity contribution in [1.29, 1.82) is 0 Å². The molecule has 0 saturated heterocycles. The molecule has 2 aromatic rings. The molecule has 0 aromatic heterocycles. The standard InChI is InChI=1S/C16H13BrN2/c17-16-18-14(12-7-3-1-4-8-12)11-15(19-16)13-9-5-2-6-10-13/h1-11,14H,(H,18,19). The van der Waals surface area contributed by atoms with Crippen LogP contribution in [0.1, 0.15) is 17.2 Å². The van der Waals surface area contributed by atoms with Crippen molar-refractivity contribution in [3.8, 4) is 0 Å². The lowest BCUT2D eigenvalue weighted by Gasteiger charge is -2.20. The number of aliphatic imine (C=N–C) groups is 1. The van der Waals surface area contributed by atoms with E-state index in [2.05, 4.69) is 56.6 Å². The highest BCUT2D eigenvalue weighted by Gasteiger charge is 2.16. The first kappa shape index (κ1) is 12.2. The molecule has 2 aromatic carbocycles. The largest absolute Gasteiger partial charge is 0.334 e. The number of rotatable bonds is 2. The average molecular weight is 313 g/mol. The van der Waals surface area contributed by atoms with Gasteiger partial charge in [-0.1, -0.05) is 60.7 Å². The molecule has 2 nitrogen and oxygen atoms in total. The molecule has 0 radical (unpaired) electrons. The number of hydrogen-bond acceptors (Lipinski definition) is 2. The molecule has 1 aliphatic rings. The van der Waals surface area contributed by atoms with E-state index in [1.54, 1.807) is 0 Å². The van der Waals surface area contributed by atoms with E-state index in [4.69, 9.17) is 0 Å². The van der Waals surface area contributed by atoms with Crippen LogP contribution in [0.15, 0.2) is 71.7 Å². The van der Waals surface area contributed by atoms with E-state index < -0.39 is 0 Å². The zero-order valence-corrected chi connectivity index (χ0v) is 11.8. The fourth-order valence-electron chi connectivity index (χ4n) is 2.11. The lowest BCUT2D eigenvalue weighted by Crippen LogP contribution is -2.21. The van der Waals surface area contributed by atoms with Crippen LogP contribution in [0.3, 0.4) is 0 Å². The molecular formula is C16H13BrN2. The Morgan fingerprint density at radius 3 is 2.21 bits per heavy atom.